The third-order valence-electron chi connectivity index (χ3n) is 8.77. The number of furan rings is 1. The van der Waals surface area contributed by atoms with Crippen LogP contribution < -0.4 is 0 Å². The van der Waals surface area contributed by atoms with E-state index in [0.29, 0.717) is 27.9 Å². The highest BCUT2D eigenvalue weighted by Gasteiger charge is 2.20. The molecule has 0 amide bonds. The fourth-order valence-electron chi connectivity index (χ4n) is 6.84. The summed E-state index contributed by atoms with van der Waals surface area (Å²) >= 11 is 0. The van der Waals surface area contributed by atoms with Crippen molar-refractivity contribution < 1.29 is 4.42 Å². The molecule has 3 aromatic heterocycles. The molecule has 6 nitrogen and oxygen atoms in total. The lowest BCUT2D eigenvalue weighted by Gasteiger charge is -2.09. The molecule has 9 rings (SSSR count). The Labute approximate surface area is 256 Å². The summed E-state index contributed by atoms with van der Waals surface area (Å²) in [4.78, 5) is 0. The van der Waals surface area contributed by atoms with E-state index in [-0.39, 0.29) is 0 Å². The standard InChI is InChI=1S/C39H19N5O/c40-20-23-9-12-35-29(15-23)27-5-1-3-7-33(27)43(35)26-11-14-38-31(19-26)32-17-25(22-42)18-37(39(32)45-38)44-34-8-4-2-6-28(34)30-16-24(21-41)10-13-36(30)44/h1-19H. The smallest absolute Gasteiger partial charge is 0.159 e. The summed E-state index contributed by atoms with van der Waals surface area (Å²) in [6, 6.07) is 44.5. The molecular weight excluding hydrogens is 554 g/mol. The number of hydrogen-bond acceptors (Lipinski definition) is 4. The van der Waals surface area contributed by atoms with Crippen LogP contribution in [0, 0.1) is 34.0 Å². The second kappa shape index (κ2) is 9.09. The molecule has 0 bridgehead atoms. The Morgan fingerprint density at radius 2 is 1.00 bits per heavy atom. The van der Waals surface area contributed by atoms with Gasteiger partial charge in [-0.05, 0) is 78.9 Å². The van der Waals surface area contributed by atoms with Gasteiger partial charge in [-0.25, -0.2) is 0 Å². The summed E-state index contributed by atoms with van der Waals surface area (Å²) in [5, 5.41) is 35.1. The first-order valence-corrected chi connectivity index (χ1v) is 14.4. The van der Waals surface area contributed by atoms with Crippen LogP contribution in [0.1, 0.15) is 16.7 Å². The molecule has 0 aliphatic rings. The number of nitriles is 3. The molecule has 0 N–H and O–H groups in total. The second-order valence-corrected chi connectivity index (χ2v) is 11.2. The number of fused-ring (bicyclic) bond motifs is 9. The number of nitrogens with zero attached hydrogens (tertiary/aromatic N) is 5. The van der Waals surface area contributed by atoms with Gasteiger partial charge in [-0.15, -0.1) is 0 Å². The molecule has 0 spiro atoms. The van der Waals surface area contributed by atoms with Crippen molar-refractivity contribution in [3.8, 4) is 29.6 Å². The zero-order chi connectivity index (χ0) is 30.2. The van der Waals surface area contributed by atoms with Gasteiger partial charge in [0.05, 0.1) is 62.7 Å². The van der Waals surface area contributed by atoms with Crippen LogP contribution in [0.3, 0.4) is 0 Å². The van der Waals surface area contributed by atoms with Crippen molar-refractivity contribution in [2.75, 3.05) is 0 Å². The van der Waals surface area contributed by atoms with Gasteiger partial charge in [0.25, 0.3) is 0 Å². The normalized spacial score (nSPS) is 11.5. The first-order valence-electron chi connectivity index (χ1n) is 14.4. The second-order valence-electron chi connectivity index (χ2n) is 11.2. The number of benzene rings is 6. The van der Waals surface area contributed by atoms with Crippen LogP contribution in [0.15, 0.2) is 120 Å². The third-order valence-corrected chi connectivity index (χ3v) is 8.77. The minimum absolute atomic E-state index is 0.520. The van der Waals surface area contributed by atoms with Gasteiger partial charge in [0.15, 0.2) is 5.58 Å². The number of rotatable bonds is 2. The number of para-hydroxylation sites is 2. The average Bonchev–Trinajstić information content (AvgIpc) is 3.74. The molecular formula is C39H19N5O. The topological polar surface area (TPSA) is 94.4 Å². The summed E-state index contributed by atoms with van der Waals surface area (Å²) < 4.78 is 10.9. The van der Waals surface area contributed by atoms with Crippen molar-refractivity contribution in [2.45, 2.75) is 0 Å². The van der Waals surface area contributed by atoms with Crippen LogP contribution in [0.25, 0.3) is 76.9 Å². The highest BCUT2D eigenvalue weighted by molar-refractivity contribution is 6.14. The maximum atomic E-state index is 10.2. The van der Waals surface area contributed by atoms with Gasteiger partial charge in [-0.2, -0.15) is 15.8 Å². The number of aromatic nitrogens is 2. The zero-order valence-corrected chi connectivity index (χ0v) is 23.6. The highest BCUT2D eigenvalue weighted by atomic mass is 16.3. The van der Waals surface area contributed by atoms with E-state index in [1.54, 1.807) is 0 Å². The van der Waals surface area contributed by atoms with E-state index < -0.39 is 0 Å². The minimum atomic E-state index is 0.520. The molecule has 9 aromatic rings. The van der Waals surface area contributed by atoms with Crippen LogP contribution in [-0.4, -0.2) is 9.13 Å². The Morgan fingerprint density at radius 3 is 1.64 bits per heavy atom. The molecule has 0 atom stereocenters. The molecule has 0 saturated heterocycles. The van der Waals surface area contributed by atoms with Gasteiger partial charge in [0, 0.05) is 38.0 Å². The van der Waals surface area contributed by atoms with Gasteiger partial charge in [0.2, 0.25) is 0 Å². The van der Waals surface area contributed by atoms with Crippen molar-refractivity contribution in [2.24, 2.45) is 0 Å². The van der Waals surface area contributed by atoms with Crippen LogP contribution in [-0.2, 0) is 0 Å². The van der Waals surface area contributed by atoms with E-state index in [2.05, 4.69) is 51.6 Å². The predicted octanol–water partition coefficient (Wildman–Crippen LogP) is 9.40. The van der Waals surface area contributed by atoms with E-state index in [4.69, 9.17) is 4.42 Å². The monoisotopic (exact) mass is 573 g/mol. The molecule has 45 heavy (non-hydrogen) atoms. The minimum Gasteiger partial charge on any atom is -0.454 e. The van der Waals surface area contributed by atoms with Crippen molar-refractivity contribution in [3.05, 3.63) is 132 Å². The Balaban J connectivity index is 1.36. The maximum absolute atomic E-state index is 10.2. The van der Waals surface area contributed by atoms with Gasteiger partial charge in [-0.3, -0.25) is 0 Å². The summed E-state index contributed by atoms with van der Waals surface area (Å²) in [5.74, 6) is 0. The summed E-state index contributed by atoms with van der Waals surface area (Å²) in [6.45, 7) is 0. The fourth-order valence-corrected chi connectivity index (χ4v) is 6.84. The van der Waals surface area contributed by atoms with Crippen LogP contribution in [0.5, 0.6) is 0 Å². The van der Waals surface area contributed by atoms with E-state index in [1.807, 2.05) is 91.0 Å². The third kappa shape index (κ3) is 3.41. The predicted molar refractivity (Wildman–Crippen MR) is 177 cm³/mol. The molecule has 3 heterocycles. The SMILES string of the molecule is N#Cc1cc(-n2c3ccccc3c3cc(C#N)ccc32)c2oc3ccc(-n4c5ccccc5c5cc(C#N)ccc54)cc3c2c1. The average molecular weight is 574 g/mol. The molecule has 0 aliphatic carbocycles. The first-order chi connectivity index (χ1) is 22.2. The lowest BCUT2D eigenvalue weighted by Crippen LogP contribution is -1.96. The quantitative estimate of drug-likeness (QED) is 0.206. The highest BCUT2D eigenvalue weighted by Crippen LogP contribution is 2.40. The van der Waals surface area contributed by atoms with Crippen molar-refractivity contribution in [3.63, 3.8) is 0 Å². The molecule has 0 saturated carbocycles. The van der Waals surface area contributed by atoms with E-state index >= 15 is 0 Å². The Hall–Kier alpha value is -6.81. The van der Waals surface area contributed by atoms with Gasteiger partial charge >= 0.3 is 0 Å². The molecule has 0 aliphatic heterocycles. The Bertz CT molecular complexity index is 2860. The lowest BCUT2D eigenvalue weighted by molar-refractivity contribution is 0.666. The van der Waals surface area contributed by atoms with E-state index in [9.17, 15) is 15.8 Å². The van der Waals surface area contributed by atoms with Crippen molar-refractivity contribution in [1.82, 2.24) is 9.13 Å². The van der Waals surface area contributed by atoms with Crippen molar-refractivity contribution >= 4 is 65.6 Å². The van der Waals surface area contributed by atoms with Gasteiger partial charge < -0.3 is 13.6 Å². The zero-order valence-electron chi connectivity index (χ0n) is 23.6. The number of hydrogen-bond donors (Lipinski definition) is 0. The lowest BCUT2D eigenvalue weighted by atomic mass is 10.1. The molecule has 0 radical (unpaired) electrons. The summed E-state index contributed by atoms with van der Waals surface area (Å²) in [7, 11) is 0. The summed E-state index contributed by atoms with van der Waals surface area (Å²) in [5.41, 5.74) is 8.75. The first kappa shape index (κ1) is 24.8. The Morgan fingerprint density at radius 1 is 0.444 bits per heavy atom. The van der Waals surface area contributed by atoms with Gasteiger partial charge in [-0.1, -0.05) is 36.4 Å². The van der Waals surface area contributed by atoms with Crippen LogP contribution in [0.2, 0.25) is 0 Å². The molecule has 206 valence electrons. The van der Waals surface area contributed by atoms with Gasteiger partial charge in [0.1, 0.15) is 5.58 Å². The molecule has 6 heteroatoms. The largest absolute Gasteiger partial charge is 0.454 e. The molecule has 6 aromatic carbocycles. The van der Waals surface area contributed by atoms with E-state index in [1.165, 1.54) is 0 Å². The maximum Gasteiger partial charge on any atom is 0.159 e. The van der Waals surface area contributed by atoms with Crippen molar-refractivity contribution in [1.29, 1.82) is 15.8 Å². The fraction of sp³-hybridized carbons (Fsp3) is 0. The molecule has 0 fully saturated rings. The molecule has 0 unspecified atom stereocenters. The Kier molecular flexibility index (Phi) is 5.00. The van der Waals surface area contributed by atoms with E-state index in [0.717, 1.165) is 65.8 Å². The summed E-state index contributed by atoms with van der Waals surface area (Å²) in [6.07, 6.45) is 0. The van der Waals surface area contributed by atoms with Crippen LogP contribution >= 0.6 is 0 Å². The van der Waals surface area contributed by atoms with Crippen LogP contribution in [0.4, 0.5) is 0 Å².